The lowest BCUT2D eigenvalue weighted by atomic mass is 10.2. The predicted octanol–water partition coefficient (Wildman–Crippen LogP) is 3.90. The van der Waals surface area contributed by atoms with E-state index in [1.54, 1.807) is 6.07 Å². The Bertz CT molecular complexity index is 318. The van der Waals surface area contributed by atoms with Crippen LogP contribution in [-0.2, 0) is 11.3 Å². The Morgan fingerprint density at radius 2 is 2.00 bits per heavy atom. The molecule has 0 atom stereocenters. The minimum absolute atomic E-state index is 0.203. The van der Waals surface area contributed by atoms with E-state index in [9.17, 15) is 4.39 Å². The molecule has 1 aromatic rings. The molecule has 0 aromatic heterocycles. The lowest BCUT2D eigenvalue weighted by Gasteiger charge is -2.20. The normalized spacial score (nSPS) is 11.8. The molecule has 3 heteroatoms. The lowest BCUT2D eigenvalue weighted by Crippen LogP contribution is -2.18. The zero-order valence-corrected chi connectivity index (χ0v) is 10.2. The van der Waals surface area contributed by atoms with Gasteiger partial charge in [0.25, 0.3) is 0 Å². The van der Waals surface area contributed by atoms with Crippen molar-refractivity contribution in [3.8, 4) is 0 Å². The van der Waals surface area contributed by atoms with Gasteiger partial charge in [0.2, 0.25) is 0 Å². The second-order valence-corrected chi connectivity index (χ2v) is 4.99. The number of hydrogen-bond donors (Lipinski definition) is 0. The Kier molecular flexibility index (Phi) is 3.67. The Hall–Kier alpha value is -0.410. The van der Waals surface area contributed by atoms with Gasteiger partial charge < -0.3 is 4.74 Å². The Balaban J connectivity index is 2.72. The molecule has 0 fully saturated rings. The molecule has 78 valence electrons. The quantitative estimate of drug-likeness (QED) is 0.784. The van der Waals surface area contributed by atoms with Crippen LogP contribution < -0.4 is 0 Å². The molecule has 1 rings (SSSR count). The maximum atomic E-state index is 12.9. The first-order chi connectivity index (χ1) is 6.38. The molecule has 0 aliphatic heterocycles. The lowest BCUT2D eigenvalue weighted by molar-refractivity contribution is -0.0153. The van der Waals surface area contributed by atoms with E-state index in [0.29, 0.717) is 6.61 Å². The number of halogens is 2. The van der Waals surface area contributed by atoms with Gasteiger partial charge in [-0.25, -0.2) is 4.39 Å². The second kappa shape index (κ2) is 4.41. The van der Waals surface area contributed by atoms with Crippen molar-refractivity contribution in [3.63, 3.8) is 0 Å². The molecule has 0 saturated heterocycles. The molecule has 1 nitrogen and oxygen atoms in total. The van der Waals surface area contributed by atoms with Crippen LogP contribution >= 0.6 is 15.9 Å². The molecule has 0 aliphatic carbocycles. The molecule has 0 amide bonds. The zero-order valence-electron chi connectivity index (χ0n) is 8.60. The summed E-state index contributed by atoms with van der Waals surface area (Å²) in [7, 11) is 0. The average molecular weight is 261 g/mol. The Morgan fingerprint density at radius 3 is 2.57 bits per heavy atom. The maximum absolute atomic E-state index is 12.9. The van der Waals surface area contributed by atoms with Crippen LogP contribution in [0.5, 0.6) is 0 Å². The Morgan fingerprint density at radius 1 is 1.36 bits per heavy atom. The zero-order chi connectivity index (χ0) is 10.8. The third-order valence-corrected chi connectivity index (χ3v) is 2.44. The Labute approximate surface area is 92.4 Å². The third kappa shape index (κ3) is 3.76. The molecule has 0 spiro atoms. The summed E-state index contributed by atoms with van der Waals surface area (Å²) in [5.41, 5.74) is 0.631. The molecule has 0 saturated carbocycles. The molecular formula is C11H14BrFO. The fourth-order valence-corrected chi connectivity index (χ4v) is 1.31. The van der Waals surface area contributed by atoms with Gasteiger partial charge in [0.05, 0.1) is 12.2 Å². The van der Waals surface area contributed by atoms with Crippen molar-refractivity contribution in [2.45, 2.75) is 33.0 Å². The van der Waals surface area contributed by atoms with Crippen LogP contribution in [-0.4, -0.2) is 5.60 Å². The first-order valence-electron chi connectivity index (χ1n) is 4.46. The summed E-state index contributed by atoms with van der Waals surface area (Å²) in [6.45, 7) is 6.34. The standard InChI is InChI=1S/C11H14BrFO/c1-11(2,3)14-7-8-6-9(13)4-5-10(8)12/h4-6H,7H2,1-3H3. The SMILES string of the molecule is CC(C)(C)OCc1cc(F)ccc1Br. The molecule has 14 heavy (non-hydrogen) atoms. The van der Waals surface area contributed by atoms with Crippen LogP contribution in [0.3, 0.4) is 0 Å². The van der Waals surface area contributed by atoms with Gasteiger partial charge in [0.15, 0.2) is 0 Å². The summed E-state index contributed by atoms with van der Waals surface area (Å²) < 4.78 is 19.3. The van der Waals surface area contributed by atoms with Gasteiger partial charge in [0, 0.05) is 4.47 Å². The average Bonchev–Trinajstić information content (AvgIpc) is 2.05. The van der Waals surface area contributed by atoms with E-state index in [1.807, 2.05) is 20.8 Å². The van der Waals surface area contributed by atoms with Crippen molar-refractivity contribution >= 4 is 15.9 Å². The highest BCUT2D eigenvalue weighted by atomic mass is 79.9. The van der Waals surface area contributed by atoms with Crippen molar-refractivity contribution in [2.24, 2.45) is 0 Å². The van der Waals surface area contributed by atoms with Gasteiger partial charge in [-0.2, -0.15) is 0 Å². The van der Waals surface area contributed by atoms with Crippen molar-refractivity contribution in [1.29, 1.82) is 0 Å². The molecule has 0 aliphatic rings. The maximum Gasteiger partial charge on any atom is 0.123 e. The first kappa shape index (κ1) is 11.7. The van der Waals surface area contributed by atoms with E-state index in [2.05, 4.69) is 15.9 Å². The highest BCUT2D eigenvalue weighted by Gasteiger charge is 2.11. The number of hydrogen-bond acceptors (Lipinski definition) is 1. The van der Waals surface area contributed by atoms with Gasteiger partial charge in [-0.05, 0) is 44.5 Å². The summed E-state index contributed by atoms with van der Waals surface area (Å²) >= 11 is 3.35. The molecule has 0 N–H and O–H groups in total. The minimum Gasteiger partial charge on any atom is -0.371 e. The minimum atomic E-state index is -0.235. The van der Waals surface area contributed by atoms with E-state index in [1.165, 1.54) is 12.1 Å². The van der Waals surface area contributed by atoms with Crippen molar-refractivity contribution in [2.75, 3.05) is 0 Å². The van der Waals surface area contributed by atoms with Gasteiger partial charge in [0.1, 0.15) is 5.82 Å². The van der Waals surface area contributed by atoms with Gasteiger partial charge in [-0.15, -0.1) is 0 Å². The molecule has 0 heterocycles. The largest absolute Gasteiger partial charge is 0.371 e. The van der Waals surface area contributed by atoms with Crippen LogP contribution in [0.2, 0.25) is 0 Å². The fraction of sp³-hybridized carbons (Fsp3) is 0.455. The number of rotatable bonds is 2. The first-order valence-corrected chi connectivity index (χ1v) is 5.26. The number of ether oxygens (including phenoxy) is 1. The van der Waals surface area contributed by atoms with Crippen LogP contribution in [0.4, 0.5) is 4.39 Å². The predicted molar refractivity (Wildman–Crippen MR) is 58.6 cm³/mol. The molecule has 1 aromatic carbocycles. The molecule has 0 unspecified atom stereocenters. The van der Waals surface area contributed by atoms with Crippen LogP contribution in [0.25, 0.3) is 0 Å². The van der Waals surface area contributed by atoms with E-state index in [4.69, 9.17) is 4.74 Å². The summed E-state index contributed by atoms with van der Waals surface area (Å²) in [5, 5.41) is 0. The van der Waals surface area contributed by atoms with E-state index in [-0.39, 0.29) is 11.4 Å². The highest BCUT2D eigenvalue weighted by Crippen LogP contribution is 2.20. The van der Waals surface area contributed by atoms with Crippen molar-refractivity contribution in [1.82, 2.24) is 0 Å². The fourth-order valence-electron chi connectivity index (χ4n) is 0.948. The van der Waals surface area contributed by atoms with E-state index >= 15 is 0 Å². The van der Waals surface area contributed by atoms with Crippen molar-refractivity contribution in [3.05, 3.63) is 34.1 Å². The highest BCUT2D eigenvalue weighted by molar-refractivity contribution is 9.10. The summed E-state index contributed by atoms with van der Waals surface area (Å²) in [4.78, 5) is 0. The smallest absolute Gasteiger partial charge is 0.123 e. The third-order valence-electron chi connectivity index (χ3n) is 1.67. The van der Waals surface area contributed by atoms with Crippen molar-refractivity contribution < 1.29 is 9.13 Å². The van der Waals surface area contributed by atoms with E-state index < -0.39 is 0 Å². The van der Waals surface area contributed by atoms with Crippen LogP contribution in [0.1, 0.15) is 26.3 Å². The number of benzene rings is 1. The summed E-state index contributed by atoms with van der Waals surface area (Å²) in [5.74, 6) is -0.235. The van der Waals surface area contributed by atoms with Gasteiger partial charge in [-0.3, -0.25) is 0 Å². The van der Waals surface area contributed by atoms with E-state index in [0.717, 1.165) is 10.0 Å². The topological polar surface area (TPSA) is 9.23 Å². The summed E-state index contributed by atoms with van der Waals surface area (Å²) in [6.07, 6.45) is 0. The molecular weight excluding hydrogens is 247 g/mol. The van der Waals surface area contributed by atoms with Gasteiger partial charge in [-0.1, -0.05) is 15.9 Å². The molecule has 0 bridgehead atoms. The van der Waals surface area contributed by atoms with Crippen LogP contribution in [0, 0.1) is 5.82 Å². The monoisotopic (exact) mass is 260 g/mol. The van der Waals surface area contributed by atoms with Crippen LogP contribution in [0.15, 0.2) is 22.7 Å². The summed E-state index contributed by atoms with van der Waals surface area (Å²) in [6, 6.07) is 4.59. The second-order valence-electron chi connectivity index (χ2n) is 4.14. The van der Waals surface area contributed by atoms with Gasteiger partial charge >= 0.3 is 0 Å². The molecule has 0 radical (unpaired) electrons.